The summed E-state index contributed by atoms with van der Waals surface area (Å²) in [4.78, 5) is 6.62. The number of nitrogens with zero attached hydrogens (tertiary/aromatic N) is 2. The van der Waals surface area contributed by atoms with Gasteiger partial charge in [-0.2, -0.15) is 0 Å². The first kappa shape index (κ1) is 18.5. The SMILES string of the molecule is CCN(CC)C(CNC(=NC)NCCCOC)c1ccco1. The molecule has 0 spiro atoms. The smallest absolute Gasteiger partial charge is 0.191 e. The minimum atomic E-state index is 0.197. The van der Waals surface area contributed by atoms with E-state index >= 15 is 0 Å². The van der Waals surface area contributed by atoms with Gasteiger partial charge in [0.15, 0.2) is 5.96 Å². The number of guanidine groups is 1. The van der Waals surface area contributed by atoms with Crippen molar-refractivity contribution in [3.8, 4) is 0 Å². The topological polar surface area (TPSA) is 62.0 Å². The third-order valence-electron chi connectivity index (χ3n) is 3.63. The molecule has 22 heavy (non-hydrogen) atoms. The van der Waals surface area contributed by atoms with Gasteiger partial charge in [0.1, 0.15) is 5.76 Å². The first-order chi connectivity index (χ1) is 10.8. The van der Waals surface area contributed by atoms with Gasteiger partial charge in [0.05, 0.1) is 12.3 Å². The summed E-state index contributed by atoms with van der Waals surface area (Å²) >= 11 is 0. The molecule has 2 N–H and O–H groups in total. The lowest BCUT2D eigenvalue weighted by molar-refractivity contribution is 0.192. The molecule has 0 aliphatic rings. The third kappa shape index (κ3) is 6.07. The molecule has 0 aromatic carbocycles. The Bertz CT molecular complexity index is 402. The van der Waals surface area contributed by atoms with Crippen molar-refractivity contribution in [1.82, 2.24) is 15.5 Å². The Balaban J connectivity index is 2.55. The average Bonchev–Trinajstić information content (AvgIpc) is 3.07. The van der Waals surface area contributed by atoms with Crippen LogP contribution in [-0.4, -0.2) is 57.8 Å². The summed E-state index contributed by atoms with van der Waals surface area (Å²) in [6, 6.07) is 4.16. The molecule has 1 aromatic heterocycles. The lowest BCUT2D eigenvalue weighted by Crippen LogP contribution is -2.43. The van der Waals surface area contributed by atoms with Crippen molar-refractivity contribution in [2.45, 2.75) is 26.3 Å². The maximum atomic E-state index is 5.60. The number of methoxy groups -OCH3 is 1. The van der Waals surface area contributed by atoms with E-state index < -0.39 is 0 Å². The Hall–Kier alpha value is -1.53. The van der Waals surface area contributed by atoms with Crippen LogP contribution in [0.15, 0.2) is 27.8 Å². The molecule has 0 aliphatic carbocycles. The van der Waals surface area contributed by atoms with Crippen LogP contribution in [0.2, 0.25) is 0 Å². The van der Waals surface area contributed by atoms with Gasteiger partial charge in [-0.25, -0.2) is 0 Å². The molecule has 1 heterocycles. The van der Waals surface area contributed by atoms with Crippen molar-refractivity contribution in [3.05, 3.63) is 24.2 Å². The number of hydrogen-bond donors (Lipinski definition) is 2. The monoisotopic (exact) mass is 310 g/mol. The van der Waals surface area contributed by atoms with E-state index in [0.29, 0.717) is 0 Å². The number of ether oxygens (including phenoxy) is 1. The van der Waals surface area contributed by atoms with Crippen molar-refractivity contribution in [1.29, 1.82) is 0 Å². The normalized spacial score (nSPS) is 13.4. The third-order valence-corrected chi connectivity index (χ3v) is 3.63. The molecule has 0 saturated heterocycles. The van der Waals surface area contributed by atoms with E-state index in [4.69, 9.17) is 9.15 Å². The Morgan fingerprint density at radius 2 is 2.14 bits per heavy atom. The summed E-state index contributed by atoms with van der Waals surface area (Å²) in [5.74, 6) is 1.78. The fourth-order valence-electron chi connectivity index (χ4n) is 2.39. The van der Waals surface area contributed by atoms with Gasteiger partial charge in [0, 0.05) is 33.9 Å². The van der Waals surface area contributed by atoms with Crippen molar-refractivity contribution in [2.24, 2.45) is 4.99 Å². The summed E-state index contributed by atoms with van der Waals surface area (Å²) in [6.45, 7) is 8.61. The van der Waals surface area contributed by atoms with E-state index in [1.165, 1.54) is 0 Å². The molecule has 0 amide bonds. The summed E-state index contributed by atoms with van der Waals surface area (Å²) in [5, 5.41) is 6.67. The number of aliphatic imine (C=N–C) groups is 1. The number of furan rings is 1. The Morgan fingerprint density at radius 3 is 2.68 bits per heavy atom. The van der Waals surface area contributed by atoms with Crippen LogP contribution < -0.4 is 10.6 Å². The quantitative estimate of drug-likeness (QED) is 0.392. The number of nitrogens with one attached hydrogen (secondary N) is 2. The lowest BCUT2D eigenvalue weighted by Gasteiger charge is -2.28. The van der Waals surface area contributed by atoms with Gasteiger partial charge in [0.25, 0.3) is 0 Å². The van der Waals surface area contributed by atoms with Crippen LogP contribution in [-0.2, 0) is 4.74 Å². The minimum absolute atomic E-state index is 0.197. The number of hydrogen-bond acceptors (Lipinski definition) is 4. The number of likely N-dealkylation sites (N-methyl/N-ethyl adjacent to an activating group) is 1. The molecule has 1 atom stereocenters. The maximum absolute atomic E-state index is 5.60. The second-order valence-corrected chi connectivity index (χ2v) is 4.98. The van der Waals surface area contributed by atoms with Crippen molar-refractivity contribution in [2.75, 3.05) is 46.9 Å². The first-order valence-corrected chi connectivity index (χ1v) is 7.97. The summed E-state index contributed by atoms with van der Waals surface area (Å²) in [7, 11) is 3.50. The van der Waals surface area contributed by atoms with Gasteiger partial charge in [0.2, 0.25) is 0 Å². The zero-order chi connectivity index (χ0) is 16.2. The van der Waals surface area contributed by atoms with Crippen molar-refractivity contribution in [3.63, 3.8) is 0 Å². The summed E-state index contributed by atoms with van der Waals surface area (Å²) in [6.07, 6.45) is 2.68. The van der Waals surface area contributed by atoms with Gasteiger partial charge in [-0.1, -0.05) is 13.8 Å². The van der Waals surface area contributed by atoms with E-state index in [0.717, 1.165) is 50.9 Å². The Labute approximate surface area is 133 Å². The standard InChI is InChI=1S/C16H30N4O2/c1-5-20(6-2)14(15-9-7-12-22-15)13-19-16(17-3)18-10-8-11-21-4/h7,9,12,14H,5-6,8,10-11,13H2,1-4H3,(H2,17,18,19). The van der Waals surface area contributed by atoms with E-state index in [-0.39, 0.29) is 6.04 Å². The van der Waals surface area contributed by atoms with Gasteiger partial charge in [-0.05, 0) is 31.6 Å². The molecular weight excluding hydrogens is 280 g/mol. The Kier molecular flexibility index (Phi) is 9.34. The fraction of sp³-hybridized carbons (Fsp3) is 0.688. The number of rotatable bonds is 10. The van der Waals surface area contributed by atoms with Gasteiger partial charge < -0.3 is 19.8 Å². The molecule has 0 fully saturated rings. The molecule has 0 bridgehead atoms. The summed E-state index contributed by atoms with van der Waals surface area (Å²) < 4.78 is 10.6. The van der Waals surface area contributed by atoms with Gasteiger partial charge in [-0.3, -0.25) is 9.89 Å². The highest BCUT2D eigenvalue weighted by Gasteiger charge is 2.20. The molecule has 6 heteroatoms. The lowest BCUT2D eigenvalue weighted by atomic mass is 10.2. The molecule has 1 aromatic rings. The Morgan fingerprint density at radius 1 is 1.36 bits per heavy atom. The zero-order valence-electron chi connectivity index (χ0n) is 14.3. The van der Waals surface area contributed by atoms with Crippen LogP contribution in [0, 0.1) is 0 Å². The fourth-order valence-corrected chi connectivity index (χ4v) is 2.39. The highest BCUT2D eigenvalue weighted by Crippen LogP contribution is 2.20. The molecule has 6 nitrogen and oxygen atoms in total. The molecule has 126 valence electrons. The largest absolute Gasteiger partial charge is 0.468 e. The maximum Gasteiger partial charge on any atom is 0.191 e. The van der Waals surface area contributed by atoms with Crippen LogP contribution in [0.4, 0.5) is 0 Å². The van der Waals surface area contributed by atoms with E-state index in [1.807, 2.05) is 12.1 Å². The zero-order valence-corrected chi connectivity index (χ0v) is 14.3. The second kappa shape index (κ2) is 11.1. The molecule has 1 rings (SSSR count). The molecular formula is C16H30N4O2. The highest BCUT2D eigenvalue weighted by atomic mass is 16.5. The average molecular weight is 310 g/mol. The van der Waals surface area contributed by atoms with Crippen LogP contribution in [0.5, 0.6) is 0 Å². The van der Waals surface area contributed by atoms with Crippen LogP contribution in [0.25, 0.3) is 0 Å². The molecule has 0 aliphatic heterocycles. The van der Waals surface area contributed by atoms with E-state index in [1.54, 1.807) is 20.4 Å². The van der Waals surface area contributed by atoms with Gasteiger partial charge >= 0.3 is 0 Å². The first-order valence-electron chi connectivity index (χ1n) is 7.97. The van der Waals surface area contributed by atoms with E-state index in [9.17, 15) is 0 Å². The van der Waals surface area contributed by atoms with Crippen molar-refractivity contribution < 1.29 is 9.15 Å². The van der Waals surface area contributed by atoms with Crippen LogP contribution in [0.1, 0.15) is 32.1 Å². The van der Waals surface area contributed by atoms with Gasteiger partial charge in [-0.15, -0.1) is 0 Å². The minimum Gasteiger partial charge on any atom is -0.468 e. The predicted octanol–water partition coefficient (Wildman–Crippen LogP) is 1.86. The molecule has 0 radical (unpaired) electrons. The highest BCUT2D eigenvalue weighted by molar-refractivity contribution is 5.79. The van der Waals surface area contributed by atoms with Crippen molar-refractivity contribution >= 4 is 5.96 Å². The van der Waals surface area contributed by atoms with Crippen LogP contribution >= 0.6 is 0 Å². The second-order valence-electron chi connectivity index (χ2n) is 4.98. The summed E-state index contributed by atoms with van der Waals surface area (Å²) in [5.41, 5.74) is 0. The predicted molar refractivity (Wildman–Crippen MR) is 90.2 cm³/mol. The molecule has 1 unspecified atom stereocenters. The molecule has 0 saturated carbocycles. The van der Waals surface area contributed by atoms with E-state index in [2.05, 4.69) is 34.4 Å². The van der Waals surface area contributed by atoms with Crippen LogP contribution in [0.3, 0.4) is 0 Å².